The van der Waals surface area contributed by atoms with E-state index in [1.807, 2.05) is 0 Å². The zero-order valence-corrected chi connectivity index (χ0v) is 5.07. The summed E-state index contributed by atoms with van der Waals surface area (Å²) in [6, 6.07) is 1.41. The highest BCUT2D eigenvalue weighted by atomic mass is 15.1. The van der Waals surface area contributed by atoms with Crippen LogP contribution in [-0.4, -0.2) is 25.2 Å². The predicted octanol–water partition coefficient (Wildman–Crippen LogP) is -0.476. The fourth-order valence-corrected chi connectivity index (χ4v) is 1.45. The molecule has 0 aromatic heterocycles. The van der Waals surface area contributed by atoms with Gasteiger partial charge >= 0.3 is 0 Å². The molecule has 2 N–H and O–H groups in total. The van der Waals surface area contributed by atoms with E-state index >= 15 is 0 Å². The van der Waals surface area contributed by atoms with Crippen LogP contribution in [0.3, 0.4) is 0 Å². The standard InChI is InChI=1S/C6H11N2/c1-4-5-2-8-6(5)3-7-4/h4,6-8H,2-3H2,1H3. The van der Waals surface area contributed by atoms with Crippen LogP contribution in [0.15, 0.2) is 0 Å². The molecule has 0 aliphatic carbocycles. The SMILES string of the molecule is CC1NCC2NC[C]12. The van der Waals surface area contributed by atoms with E-state index in [0.717, 1.165) is 19.1 Å². The van der Waals surface area contributed by atoms with Crippen molar-refractivity contribution in [3.63, 3.8) is 0 Å². The van der Waals surface area contributed by atoms with Crippen molar-refractivity contribution in [2.24, 2.45) is 0 Å². The van der Waals surface area contributed by atoms with Gasteiger partial charge in [0.05, 0.1) is 0 Å². The van der Waals surface area contributed by atoms with E-state index in [-0.39, 0.29) is 0 Å². The van der Waals surface area contributed by atoms with Crippen molar-refractivity contribution in [2.45, 2.75) is 19.0 Å². The molecule has 0 aromatic rings. The van der Waals surface area contributed by atoms with Crippen molar-refractivity contribution in [3.8, 4) is 0 Å². The Labute approximate surface area is 49.7 Å². The summed E-state index contributed by atoms with van der Waals surface area (Å²) >= 11 is 0. The van der Waals surface area contributed by atoms with Crippen molar-refractivity contribution < 1.29 is 0 Å². The van der Waals surface area contributed by atoms with Gasteiger partial charge in [-0.2, -0.15) is 0 Å². The average Bonchev–Trinajstić information content (AvgIpc) is 1.80. The minimum atomic E-state index is 0.682. The number of rotatable bonds is 0. The maximum Gasteiger partial charge on any atom is 0.0283 e. The third-order valence-corrected chi connectivity index (χ3v) is 2.18. The molecule has 2 heteroatoms. The minimum Gasteiger partial charge on any atom is -0.312 e. The Morgan fingerprint density at radius 2 is 2.38 bits per heavy atom. The zero-order chi connectivity index (χ0) is 5.56. The van der Waals surface area contributed by atoms with E-state index in [4.69, 9.17) is 0 Å². The van der Waals surface area contributed by atoms with Crippen molar-refractivity contribution in [1.29, 1.82) is 0 Å². The lowest BCUT2D eigenvalue weighted by molar-refractivity contribution is 0.449. The molecule has 2 aliphatic heterocycles. The van der Waals surface area contributed by atoms with Gasteiger partial charge in [0.15, 0.2) is 0 Å². The minimum absolute atomic E-state index is 0.682. The molecule has 2 atom stereocenters. The fourth-order valence-electron chi connectivity index (χ4n) is 1.45. The van der Waals surface area contributed by atoms with Gasteiger partial charge in [-0.1, -0.05) is 0 Å². The molecule has 2 unspecified atom stereocenters. The topological polar surface area (TPSA) is 24.1 Å². The molecule has 8 heavy (non-hydrogen) atoms. The van der Waals surface area contributed by atoms with Gasteiger partial charge in [0.25, 0.3) is 0 Å². The second-order valence-electron chi connectivity index (χ2n) is 2.64. The number of fused-ring (bicyclic) bond motifs is 1. The molecule has 2 saturated heterocycles. The van der Waals surface area contributed by atoms with Gasteiger partial charge in [-0.3, -0.25) is 0 Å². The monoisotopic (exact) mass is 111 g/mol. The van der Waals surface area contributed by atoms with E-state index in [9.17, 15) is 0 Å². The molecule has 0 spiro atoms. The van der Waals surface area contributed by atoms with Gasteiger partial charge in [0.2, 0.25) is 0 Å². The Balaban J connectivity index is 2.05. The molecule has 0 bridgehead atoms. The molecule has 0 amide bonds. The molecule has 2 aliphatic rings. The van der Waals surface area contributed by atoms with Crippen LogP contribution in [0.1, 0.15) is 6.92 Å². The van der Waals surface area contributed by atoms with E-state index in [1.54, 1.807) is 5.92 Å². The van der Waals surface area contributed by atoms with Gasteiger partial charge in [0.1, 0.15) is 0 Å². The van der Waals surface area contributed by atoms with Gasteiger partial charge in [-0.05, 0) is 6.92 Å². The summed E-state index contributed by atoms with van der Waals surface area (Å²) in [5.74, 6) is 1.67. The first-order valence-electron chi connectivity index (χ1n) is 3.20. The molecule has 2 fully saturated rings. The Bertz CT molecular complexity index is 96.7. The first-order chi connectivity index (χ1) is 3.88. The largest absolute Gasteiger partial charge is 0.312 e. The second kappa shape index (κ2) is 1.45. The van der Waals surface area contributed by atoms with Crippen molar-refractivity contribution in [1.82, 2.24) is 10.6 Å². The number of hydrogen-bond acceptors (Lipinski definition) is 2. The molecule has 2 nitrogen and oxygen atoms in total. The first kappa shape index (κ1) is 4.77. The lowest BCUT2D eigenvalue weighted by atomic mass is 9.90. The normalized spacial score (nSPS) is 46.1. The number of hydrogen-bond donors (Lipinski definition) is 2. The Kier molecular flexibility index (Phi) is 0.866. The Morgan fingerprint density at radius 1 is 1.50 bits per heavy atom. The van der Waals surface area contributed by atoms with Crippen LogP contribution < -0.4 is 10.6 Å². The molecular formula is C6H11N2. The highest BCUT2D eigenvalue weighted by Gasteiger charge is 2.39. The summed E-state index contributed by atoms with van der Waals surface area (Å²) in [7, 11) is 0. The average molecular weight is 111 g/mol. The molecular weight excluding hydrogens is 100 g/mol. The Hall–Kier alpha value is -0.0800. The van der Waals surface area contributed by atoms with E-state index < -0.39 is 0 Å². The molecule has 2 rings (SSSR count). The summed E-state index contributed by atoms with van der Waals surface area (Å²) in [6.07, 6.45) is 0. The van der Waals surface area contributed by atoms with Gasteiger partial charge in [-0.25, -0.2) is 0 Å². The highest BCUT2D eigenvalue weighted by molar-refractivity contribution is 5.23. The number of nitrogens with one attached hydrogen (secondary N) is 2. The zero-order valence-electron chi connectivity index (χ0n) is 5.07. The van der Waals surface area contributed by atoms with Crippen LogP contribution in [0.4, 0.5) is 0 Å². The molecule has 1 radical (unpaired) electrons. The fraction of sp³-hybridized carbons (Fsp3) is 0.833. The van der Waals surface area contributed by atoms with Crippen LogP contribution >= 0.6 is 0 Å². The summed E-state index contributed by atoms with van der Waals surface area (Å²) < 4.78 is 0. The van der Waals surface area contributed by atoms with E-state index in [1.165, 1.54) is 0 Å². The van der Waals surface area contributed by atoms with E-state index in [0.29, 0.717) is 6.04 Å². The summed E-state index contributed by atoms with van der Waals surface area (Å²) in [5, 5.41) is 6.72. The van der Waals surface area contributed by atoms with Gasteiger partial charge < -0.3 is 10.6 Å². The molecule has 0 saturated carbocycles. The predicted molar refractivity (Wildman–Crippen MR) is 32.5 cm³/mol. The smallest absolute Gasteiger partial charge is 0.0283 e. The lowest BCUT2D eigenvalue weighted by Gasteiger charge is -2.32. The van der Waals surface area contributed by atoms with Crippen molar-refractivity contribution in [3.05, 3.63) is 5.92 Å². The quantitative estimate of drug-likeness (QED) is 0.441. The summed E-state index contributed by atoms with van der Waals surface area (Å²) in [6.45, 7) is 4.53. The maximum absolute atomic E-state index is 3.38. The van der Waals surface area contributed by atoms with Crippen LogP contribution in [0.25, 0.3) is 0 Å². The second-order valence-corrected chi connectivity index (χ2v) is 2.64. The van der Waals surface area contributed by atoms with Gasteiger partial charge in [-0.15, -0.1) is 0 Å². The van der Waals surface area contributed by atoms with Crippen LogP contribution in [-0.2, 0) is 0 Å². The first-order valence-corrected chi connectivity index (χ1v) is 3.20. The molecule has 45 valence electrons. The summed E-state index contributed by atoms with van der Waals surface area (Å²) in [4.78, 5) is 0. The van der Waals surface area contributed by atoms with Crippen molar-refractivity contribution in [2.75, 3.05) is 13.1 Å². The third-order valence-electron chi connectivity index (χ3n) is 2.18. The maximum atomic E-state index is 3.38. The van der Waals surface area contributed by atoms with Crippen LogP contribution in [0.5, 0.6) is 0 Å². The third kappa shape index (κ3) is 0.446. The van der Waals surface area contributed by atoms with Gasteiger partial charge in [0, 0.05) is 31.1 Å². The lowest BCUT2D eigenvalue weighted by Crippen LogP contribution is -2.51. The Morgan fingerprint density at radius 3 is 2.62 bits per heavy atom. The summed E-state index contributed by atoms with van der Waals surface area (Å²) in [5.41, 5.74) is 0. The van der Waals surface area contributed by atoms with E-state index in [2.05, 4.69) is 17.6 Å². The molecule has 2 heterocycles. The molecule has 0 aromatic carbocycles. The van der Waals surface area contributed by atoms with Crippen LogP contribution in [0, 0.1) is 5.92 Å². The van der Waals surface area contributed by atoms with Crippen LogP contribution in [0.2, 0.25) is 0 Å². The van der Waals surface area contributed by atoms with Crippen molar-refractivity contribution >= 4 is 0 Å². The highest BCUT2D eigenvalue weighted by Crippen LogP contribution is 2.24.